The Labute approximate surface area is 146 Å². The van der Waals surface area contributed by atoms with Crippen LogP contribution in [0.15, 0.2) is 23.0 Å². The largest absolute Gasteiger partial charge is 0.490 e. The molecule has 0 spiro atoms. The second-order valence-corrected chi connectivity index (χ2v) is 5.37. The van der Waals surface area contributed by atoms with Crippen LogP contribution in [0.1, 0.15) is 42.7 Å². The first-order valence-corrected chi connectivity index (χ1v) is 8.17. The summed E-state index contributed by atoms with van der Waals surface area (Å²) in [5.41, 5.74) is 1.59. The van der Waals surface area contributed by atoms with Crippen LogP contribution in [0.25, 0.3) is 12.2 Å². The summed E-state index contributed by atoms with van der Waals surface area (Å²) in [4.78, 5) is 11.5. The fraction of sp³-hybridized carbons (Fsp3) is 0.316. The molecule has 130 valence electrons. The van der Waals surface area contributed by atoms with Gasteiger partial charge in [0, 0.05) is 0 Å². The van der Waals surface area contributed by atoms with E-state index in [1.807, 2.05) is 44.2 Å². The number of ether oxygens (including phenoxy) is 2. The number of aromatic amines is 1. The summed E-state index contributed by atoms with van der Waals surface area (Å²) in [5.74, 6) is 1.40. The second-order valence-electron chi connectivity index (χ2n) is 5.37. The summed E-state index contributed by atoms with van der Waals surface area (Å²) in [6, 6.07) is 7.57. The van der Waals surface area contributed by atoms with Crippen LogP contribution in [0.4, 0.5) is 0 Å². The minimum atomic E-state index is -0.479. The maximum atomic E-state index is 11.5. The first-order chi connectivity index (χ1) is 12.1. The molecule has 1 heterocycles. The molecule has 2 aromatic rings. The van der Waals surface area contributed by atoms with Gasteiger partial charge in [0.2, 0.25) is 0 Å². The first-order valence-electron chi connectivity index (χ1n) is 8.17. The van der Waals surface area contributed by atoms with E-state index < -0.39 is 5.56 Å². The van der Waals surface area contributed by atoms with Crippen molar-refractivity contribution in [1.29, 1.82) is 5.26 Å². The number of nitrogens with one attached hydrogen (secondary N) is 1. The molecular weight excluding hydrogens is 318 g/mol. The van der Waals surface area contributed by atoms with E-state index in [4.69, 9.17) is 14.7 Å². The average Bonchev–Trinajstić information content (AvgIpc) is 2.61. The standard InChI is InChI=1S/C19H21N3O3/c1-4-10-25-17-9-7-14(11-18(17)24-5-2)6-8-16-13(3)15(12-20)19(23)22-21-16/h6-9,11H,4-5,10H2,1-3H3,(H,22,23)/b8-6+. The van der Waals surface area contributed by atoms with Crippen molar-refractivity contribution in [3.8, 4) is 17.6 Å². The van der Waals surface area contributed by atoms with Crippen LogP contribution in [-0.2, 0) is 0 Å². The Morgan fingerprint density at radius 3 is 2.72 bits per heavy atom. The molecule has 6 heteroatoms. The molecule has 1 aromatic carbocycles. The van der Waals surface area contributed by atoms with Crippen LogP contribution in [-0.4, -0.2) is 23.4 Å². The third-order valence-corrected chi connectivity index (χ3v) is 3.54. The Morgan fingerprint density at radius 2 is 2.04 bits per heavy atom. The summed E-state index contributed by atoms with van der Waals surface area (Å²) in [6.07, 6.45) is 4.52. The van der Waals surface area contributed by atoms with E-state index in [1.54, 1.807) is 13.0 Å². The smallest absolute Gasteiger partial charge is 0.282 e. The summed E-state index contributed by atoms with van der Waals surface area (Å²) >= 11 is 0. The van der Waals surface area contributed by atoms with Gasteiger partial charge in [0.1, 0.15) is 11.6 Å². The van der Waals surface area contributed by atoms with Crippen molar-refractivity contribution < 1.29 is 9.47 Å². The summed E-state index contributed by atoms with van der Waals surface area (Å²) < 4.78 is 11.3. The predicted molar refractivity (Wildman–Crippen MR) is 96.6 cm³/mol. The lowest BCUT2D eigenvalue weighted by atomic mass is 10.1. The van der Waals surface area contributed by atoms with Crippen LogP contribution >= 0.6 is 0 Å². The van der Waals surface area contributed by atoms with Crippen LogP contribution in [0.2, 0.25) is 0 Å². The van der Waals surface area contributed by atoms with Crippen molar-refractivity contribution in [2.24, 2.45) is 0 Å². The lowest BCUT2D eigenvalue weighted by molar-refractivity contribution is 0.277. The van der Waals surface area contributed by atoms with E-state index in [-0.39, 0.29) is 5.56 Å². The van der Waals surface area contributed by atoms with Crippen molar-refractivity contribution in [2.45, 2.75) is 27.2 Å². The Hall–Kier alpha value is -3.07. The molecule has 0 aliphatic heterocycles. The van der Waals surface area contributed by atoms with Gasteiger partial charge in [-0.3, -0.25) is 4.79 Å². The summed E-state index contributed by atoms with van der Waals surface area (Å²) in [5, 5.41) is 15.4. The Balaban J connectivity index is 2.31. The van der Waals surface area contributed by atoms with Crippen molar-refractivity contribution in [3.63, 3.8) is 0 Å². The molecule has 0 aliphatic rings. The maximum absolute atomic E-state index is 11.5. The molecule has 0 fully saturated rings. The molecule has 6 nitrogen and oxygen atoms in total. The van der Waals surface area contributed by atoms with Gasteiger partial charge >= 0.3 is 0 Å². The molecule has 25 heavy (non-hydrogen) atoms. The number of rotatable bonds is 7. The number of H-pyrrole nitrogens is 1. The highest BCUT2D eigenvalue weighted by atomic mass is 16.5. The lowest BCUT2D eigenvalue weighted by Gasteiger charge is -2.12. The van der Waals surface area contributed by atoms with E-state index in [0.717, 1.165) is 12.0 Å². The Kier molecular flexibility index (Phi) is 6.35. The highest BCUT2D eigenvalue weighted by Crippen LogP contribution is 2.29. The molecule has 0 saturated heterocycles. The third kappa shape index (κ3) is 4.48. The van der Waals surface area contributed by atoms with E-state index >= 15 is 0 Å². The predicted octanol–water partition coefficient (Wildman–Crippen LogP) is 3.31. The number of aromatic nitrogens is 2. The van der Waals surface area contributed by atoms with Gasteiger partial charge in [0.05, 0.1) is 18.9 Å². The van der Waals surface area contributed by atoms with Gasteiger partial charge < -0.3 is 9.47 Å². The van der Waals surface area contributed by atoms with Gasteiger partial charge in [0.25, 0.3) is 5.56 Å². The monoisotopic (exact) mass is 339 g/mol. The van der Waals surface area contributed by atoms with Gasteiger partial charge in [-0.15, -0.1) is 0 Å². The zero-order valence-corrected chi connectivity index (χ0v) is 14.6. The van der Waals surface area contributed by atoms with Crippen LogP contribution in [0.5, 0.6) is 11.5 Å². The van der Waals surface area contributed by atoms with Gasteiger partial charge in [-0.25, -0.2) is 5.10 Å². The number of benzene rings is 1. The fourth-order valence-electron chi connectivity index (χ4n) is 2.25. The van der Waals surface area contributed by atoms with Gasteiger partial charge in [-0.05, 0) is 49.6 Å². The topological polar surface area (TPSA) is 88.0 Å². The van der Waals surface area contributed by atoms with Crippen molar-refractivity contribution in [3.05, 3.63) is 50.9 Å². The zero-order chi connectivity index (χ0) is 18.2. The normalized spacial score (nSPS) is 10.6. The molecule has 0 saturated carbocycles. The summed E-state index contributed by atoms with van der Waals surface area (Å²) in [6.45, 7) is 6.85. The molecule has 0 amide bonds. The van der Waals surface area contributed by atoms with E-state index in [0.29, 0.717) is 36.0 Å². The second kappa shape index (κ2) is 8.69. The number of hydrogen-bond donors (Lipinski definition) is 1. The highest BCUT2D eigenvalue weighted by Gasteiger charge is 2.08. The SMILES string of the molecule is CCCOc1ccc(/C=C/c2n[nH]c(=O)c(C#N)c2C)cc1OCC. The van der Waals surface area contributed by atoms with Gasteiger partial charge in [-0.1, -0.05) is 19.1 Å². The number of nitriles is 1. The molecule has 2 rings (SSSR count). The molecular formula is C19H21N3O3. The minimum absolute atomic E-state index is 0.0768. The molecule has 0 radical (unpaired) electrons. The maximum Gasteiger partial charge on any atom is 0.282 e. The molecule has 1 aromatic heterocycles. The Bertz CT molecular complexity index is 863. The highest BCUT2D eigenvalue weighted by molar-refractivity contribution is 5.71. The molecule has 1 N–H and O–H groups in total. The van der Waals surface area contributed by atoms with Crippen LogP contribution in [0.3, 0.4) is 0 Å². The van der Waals surface area contributed by atoms with E-state index in [9.17, 15) is 4.79 Å². The molecule has 0 atom stereocenters. The Morgan fingerprint density at radius 1 is 1.24 bits per heavy atom. The van der Waals surface area contributed by atoms with Crippen LogP contribution in [0, 0.1) is 18.3 Å². The van der Waals surface area contributed by atoms with Crippen molar-refractivity contribution >= 4 is 12.2 Å². The molecule has 0 aliphatic carbocycles. The first kappa shape index (κ1) is 18.3. The van der Waals surface area contributed by atoms with Crippen LogP contribution < -0.4 is 15.0 Å². The number of hydrogen-bond acceptors (Lipinski definition) is 5. The zero-order valence-electron chi connectivity index (χ0n) is 14.6. The van der Waals surface area contributed by atoms with Crippen molar-refractivity contribution in [2.75, 3.05) is 13.2 Å². The summed E-state index contributed by atoms with van der Waals surface area (Å²) in [7, 11) is 0. The number of nitrogens with zero attached hydrogens (tertiary/aromatic N) is 2. The molecule has 0 unspecified atom stereocenters. The fourth-order valence-corrected chi connectivity index (χ4v) is 2.25. The van der Waals surface area contributed by atoms with E-state index in [2.05, 4.69) is 10.2 Å². The average molecular weight is 339 g/mol. The quantitative estimate of drug-likeness (QED) is 0.836. The molecule has 0 bridgehead atoms. The lowest BCUT2D eigenvalue weighted by Crippen LogP contribution is -2.15. The van der Waals surface area contributed by atoms with E-state index in [1.165, 1.54) is 0 Å². The van der Waals surface area contributed by atoms with Crippen molar-refractivity contribution in [1.82, 2.24) is 10.2 Å². The van der Waals surface area contributed by atoms with Gasteiger partial charge in [0.15, 0.2) is 11.5 Å². The van der Waals surface area contributed by atoms with Gasteiger partial charge in [-0.2, -0.15) is 10.4 Å². The minimum Gasteiger partial charge on any atom is -0.490 e. The third-order valence-electron chi connectivity index (χ3n) is 3.54.